The van der Waals surface area contributed by atoms with E-state index in [1.54, 1.807) is 13.0 Å². The molecule has 0 fully saturated rings. The first-order chi connectivity index (χ1) is 9.94. The highest BCUT2D eigenvalue weighted by molar-refractivity contribution is 7.89. The fourth-order valence-corrected chi connectivity index (χ4v) is 3.16. The van der Waals surface area contributed by atoms with E-state index in [1.807, 2.05) is 0 Å². The van der Waals surface area contributed by atoms with Gasteiger partial charge in [-0.3, -0.25) is 4.79 Å². The molecule has 0 amide bonds. The molecule has 118 valence electrons. The van der Waals surface area contributed by atoms with Gasteiger partial charge in [0, 0.05) is 31.7 Å². The molecule has 1 atom stereocenters. The van der Waals surface area contributed by atoms with Gasteiger partial charge in [0.15, 0.2) is 5.78 Å². The molecular formula is C14H21NO5S. The van der Waals surface area contributed by atoms with Crippen LogP contribution in [0.15, 0.2) is 29.2 Å². The van der Waals surface area contributed by atoms with E-state index in [0.717, 1.165) is 0 Å². The number of Topliss-reactive ketones (excluding diaryl/α,β-unsaturated/α-hetero) is 1. The van der Waals surface area contributed by atoms with Gasteiger partial charge in [-0.05, 0) is 18.6 Å². The van der Waals surface area contributed by atoms with E-state index < -0.39 is 16.1 Å². The summed E-state index contributed by atoms with van der Waals surface area (Å²) in [5.41, 5.74) is 0.367. The van der Waals surface area contributed by atoms with Crippen molar-refractivity contribution in [1.29, 1.82) is 0 Å². The molecule has 0 aliphatic carbocycles. The number of ether oxygens (including phenoxy) is 1. The van der Waals surface area contributed by atoms with Gasteiger partial charge in [-0.1, -0.05) is 19.1 Å². The van der Waals surface area contributed by atoms with Crippen molar-refractivity contribution in [3.63, 3.8) is 0 Å². The van der Waals surface area contributed by atoms with Gasteiger partial charge < -0.3 is 9.84 Å². The number of methoxy groups -OCH3 is 1. The summed E-state index contributed by atoms with van der Waals surface area (Å²) in [6.07, 6.45) is 0.564. The zero-order valence-corrected chi connectivity index (χ0v) is 13.0. The molecular weight excluding hydrogens is 294 g/mol. The molecule has 1 rings (SSSR count). The van der Waals surface area contributed by atoms with Crippen molar-refractivity contribution in [2.75, 3.05) is 20.3 Å². The van der Waals surface area contributed by atoms with Crippen LogP contribution in [-0.4, -0.2) is 45.7 Å². The van der Waals surface area contributed by atoms with Crippen LogP contribution < -0.4 is 4.72 Å². The van der Waals surface area contributed by atoms with Gasteiger partial charge in [-0.25, -0.2) is 13.1 Å². The lowest BCUT2D eigenvalue weighted by atomic mass is 10.1. The lowest BCUT2D eigenvalue weighted by molar-refractivity contribution is 0.0988. The Morgan fingerprint density at radius 2 is 2.14 bits per heavy atom. The maximum atomic E-state index is 12.3. The predicted octanol–water partition coefficient (Wildman–Crippen LogP) is 0.955. The van der Waals surface area contributed by atoms with Crippen LogP contribution in [0, 0.1) is 0 Å². The topological polar surface area (TPSA) is 92.7 Å². The third-order valence-electron chi connectivity index (χ3n) is 2.95. The largest absolute Gasteiger partial charge is 0.396 e. The molecule has 0 bridgehead atoms. The fourth-order valence-electron chi connectivity index (χ4n) is 1.86. The zero-order chi connectivity index (χ0) is 15.9. The highest BCUT2D eigenvalue weighted by Gasteiger charge is 2.20. The van der Waals surface area contributed by atoms with Crippen molar-refractivity contribution in [1.82, 2.24) is 4.72 Å². The maximum absolute atomic E-state index is 12.3. The highest BCUT2D eigenvalue weighted by atomic mass is 32.2. The Kier molecular flexibility index (Phi) is 6.97. The molecule has 0 saturated heterocycles. The summed E-state index contributed by atoms with van der Waals surface area (Å²) in [6.45, 7) is 1.73. The summed E-state index contributed by atoms with van der Waals surface area (Å²) in [5, 5.41) is 8.94. The minimum absolute atomic E-state index is 0.0286. The third-order valence-corrected chi connectivity index (χ3v) is 4.47. The van der Waals surface area contributed by atoms with Crippen molar-refractivity contribution >= 4 is 15.8 Å². The summed E-state index contributed by atoms with van der Waals surface area (Å²) < 4.78 is 32.0. The second-order valence-corrected chi connectivity index (χ2v) is 6.30. The molecule has 1 unspecified atom stereocenters. The van der Waals surface area contributed by atoms with E-state index in [9.17, 15) is 13.2 Å². The SMILES string of the molecule is CCC(=O)c1cccc(S(=O)(=O)NC(CCO)COC)c1. The monoisotopic (exact) mass is 315 g/mol. The lowest BCUT2D eigenvalue weighted by Crippen LogP contribution is -2.38. The van der Waals surface area contributed by atoms with Crippen LogP contribution in [0.4, 0.5) is 0 Å². The summed E-state index contributed by atoms with van der Waals surface area (Å²) in [6, 6.07) is 5.39. The number of hydrogen-bond acceptors (Lipinski definition) is 5. The minimum atomic E-state index is -3.76. The van der Waals surface area contributed by atoms with Crippen LogP contribution >= 0.6 is 0 Å². The maximum Gasteiger partial charge on any atom is 0.240 e. The van der Waals surface area contributed by atoms with E-state index in [0.29, 0.717) is 12.0 Å². The van der Waals surface area contributed by atoms with Crippen molar-refractivity contribution in [3.8, 4) is 0 Å². The van der Waals surface area contributed by atoms with Gasteiger partial charge in [-0.15, -0.1) is 0 Å². The number of ketones is 1. The number of nitrogens with one attached hydrogen (secondary N) is 1. The normalized spacial score (nSPS) is 13.1. The van der Waals surface area contributed by atoms with Gasteiger partial charge in [-0.2, -0.15) is 0 Å². The number of benzene rings is 1. The molecule has 0 saturated carbocycles. The first-order valence-corrected chi connectivity index (χ1v) is 8.18. The highest BCUT2D eigenvalue weighted by Crippen LogP contribution is 2.14. The molecule has 0 spiro atoms. The molecule has 0 aliphatic heterocycles. The number of carbonyl (C=O) groups excluding carboxylic acids is 1. The van der Waals surface area contributed by atoms with E-state index >= 15 is 0 Å². The van der Waals surface area contributed by atoms with Crippen LogP contribution in [0.1, 0.15) is 30.1 Å². The number of aliphatic hydroxyl groups excluding tert-OH is 1. The summed E-state index contributed by atoms with van der Waals surface area (Å²) in [4.78, 5) is 11.7. The Hall–Kier alpha value is -1.28. The average Bonchev–Trinajstić information content (AvgIpc) is 2.46. The number of sulfonamides is 1. The second kappa shape index (κ2) is 8.23. The van der Waals surface area contributed by atoms with Crippen molar-refractivity contribution in [2.45, 2.75) is 30.7 Å². The molecule has 1 aromatic rings. The average molecular weight is 315 g/mol. The Labute approximate surface area is 125 Å². The summed E-state index contributed by atoms with van der Waals surface area (Å²) in [7, 11) is -2.30. The second-order valence-electron chi connectivity index (χ2n) is 4.59. The van der Waals surface area contributed by atoms with Gasteiger partial charge >= 0.3 is 0 Å². The van der Waals surface area contributed by atoms with E-state index in [4.69, 9.17) is 9.84 Å². The molecule has 6 nitrogen and oxygen atoms in total. The Morgan fingerprint density at radius 3 is 2.71 bits per heavy atom. The van der Waals surface area contributed by atoms with Crippen molar-refractivity contribution in [2.24, 2.45) is 0 Å². The molecule has 21 heavy (non-hydrogen) atoms. The van der Waals surface area contributed by atoms with Gasteiger partial charge in [0.1, 0.15) is 0 Å². The standard InChI is InChI=1S/C14H21NO5S/c1-3-14(17)11-5-4-6-13(9-11)21(18,19)15-12(7-8-16)10-20-2/h4-6,9,12,15-16H,3,7-8,10H2,1-2H3. The van der Waals surface area contributed by atoms with Gasteiger partial charge in [0.05, 0.1) is 11.5 Å². The predicted molar refractivity (Wildman–Crippen MR) is 78.8 cm³/mol. The molecule has 0 heterocycles. The van der Waals surface area contributed by atoms with Crippen LogP contribution in [0.2, 0.25) is 0 Å². The van der Waals surface area contributed by atoms with E-state index in [-0.39, 0.29) is 30.3 Å². The quantitative estimate of drug-likeness (QED) is 0.662. The number of carbonyl (C=O) groups is 1. The van der Waals surface area contributed by atoms with Gasteiger partial charge in [0.25, 0.3) is 0 Å². The first-order valence-electron chi connectivity index (χ1n) is 6.70. The molecule has 1 aromatic carbocycles. The Morgan fingerprint density at radius 1 is 1.43 bits per heavy atom. The van der Waals surface area contributed by atoms with Crippen LogP contribution in [-0.2, 0) is 14.8 Å². The van der Waals surface area contributed by atoms with Crippen LogP contribution in [0.25, 0.3) is 0 Å². The first kappa shape index (κ1) is 17.8. The molecule has 0 radical (unpaired) electrons. The van der Waals surface area contributed by atoms with E-state index in [2.05, 4.69) is 4.72 Å². The molecule has 0 aromatic heterocycles. The number of aliphatic hydroxyl groups is 1. The fraction of sp³-hybridized carbons (Fsp3) is 0.500. The zero-order valence-electron chi connectivity index (χ0n) is 12.2. The van der Waals surface area contributed by atoms with Crippen LogP contribution in [0.3, 0.4) is 0 Å². The van der Waals surface area contributed by atoms with Crippen molar-refractivity contribution in [3.05, 3.63) is 29.8 Å². The Bertz CT molecular complexity index is 564. The molecule has 2 N–H and O–H groups in total. The van der Waals surface area contributed by atoms with Crippen LogP contribution in [0.5, 0.6) is 0 Å². The number of hydrogen-bond donors (Lipinski definition) is 2. The molecule has 7 heteroatoms. The number of rotatable bonds is 9. The molecule has 0 aliphatic rings. The Balaban J connectivity index is 2.98. The minimum Gasteiger partial charge on any atom is -0.396 e. The van der Waals surface area contributed by atoms with E-state index in [1.165, 1.54) is 25.3 Å². The smallest absolute Gasteiger partial charge is 0.240 e. The van der Waals surface area contributed by atoms with Gasteiger partial charge in [0.2, 0.25) is 10.0 Å². The third kappa shape index (κ3) is 5.20. The van der Waals surface area contributed by atoms with Crippen molar-refractivity contribution < 1.29 is 23.1 Å². The summed E-state index contributed by atoms with van der Waals surface area (Å²) in [5.74, 6) is -0.115. The summed E-state index contributed by atoms with van der Waals surface area (Å²) >= 11 is 0. The lowest BCUT2D eigenvalue weighted by Gasteiger charge is -2.17.